The largest absolute Gasteiger partial charge is 0.0625 e. The molecule has 2 aliphatic carbocycles. The molecule has 0 nitrogen and oxygen atoms in total. The molecule has 2 saturated carbocycles. The number of fused-ring (bicyclic) bond motifs is 1. The molecule has 2 fully saturated rings. The summed E-state index contributed by atoms with van der Waals surface area (Å²) in [5, 5.41) is 0. The fraction of sp³-hybridized carbons (Fsp3) is 1.00. The maximum atomic E-state index is 2.65. The molecule has 3 unspecified atom stereocenters. The Hall–Kier alpha value is 0. The monoisotopic (exact) mass is 278 g/mol. The molecule has 0 heterocycles. The molecule has 20 heavy (non-hydrogen) atoms. The highest BCUT2D eigenvalue weighted by molar-refractivity contribution is 5.04. The van der Waals surface area contributed by atoms with Gasteiger partial charge in [0.1, 0.15) is 0 Å². The van der Waals surface area contributed by atoms with Crippen LogP contribution in [-0.4, -0.2) is 0 Å². The van der Waals surface area contributed by atoms with Gasteiger partial charge in [0.25, 0.3) is 0 Å². The van der Waals surface area contributed by atoms with Gasteiger partial charge in [0.05, 0.1) is 0 Å². The van der Waals surface area contributed by atoms with E-state index in [1.807, 2.05) is 0 Å². The first-order valence-electron chi connectivity index (χ1n) is 8.96. The zero-order valence-corrected chi connectivity index (χ0v) is 15.3. The van der Waals surface area contributed by atoms with Crippen LogP contribution in [0.3, 0.4) is 0 Å². The van der Waals surface area contributed by atoms with Gasteiger partial charge >= 0.3 is 0 Å². The summed E-state index contributed by atoms with van der Waals surface area (Å²) in [5.74, 6) is 3.70. The van der Waals surface area contributed by atoms with Gasteiger partial charge in [-0.1, -0.05) is 61.8 Å². The van der Waals surface area contributed by atoms with Gasteiger partial charge in [0.15, 0.2) is 0 Å². The third-order valence-corrected chi connectivity index (χ3v) is 6.78. The predicted octanol–water partition coefficient (Wildman–Crippen LogP) is 6.55. The van der Waals surface area contributed by atoms with Gasteiger partial charge in [-0.15, -0.1) is 0 Å². The van der Waals surface area contributed by atoms with E-state index in [0.29, 0.717) is 16.2 Å². The summed E-state index contributed by atoms with van der Waals surface area (Å²) in [6.07, 6.45) is 7.34. The standard InChI is InChI=1S/C20H38/c1-14-11-12-20(8)15(13-14)9-10-16(18(2,3)4)17(20)19(5,6)7/h14-17H,9-13H2,1-8H3/t14-,15?,16?,17?,20-/m0/s1. The minimum atomic E-state index is 0.436. The molecule has 0 aromatic rings. The zero-order chi connectivity index (χ0) is 15.3. The van der Waals surface area contributed by atoms with Crippen LogP contribution in [0.4, 0.5) is 0 Å². The number of rotatable bonds is 0. The molecule has 0 radical (unpaired) electrons. The van der Waals surface area contributed by atoms with Crippen LogP contribution >= 0.6 is 0 Å². The van der Waals surface area contributed by atoms with Crippen LogP contribution in [0.25, 0.3) is 0 Å². The lowest BCUT2D eigenvalue weighted by molar-refractivity contribution is -0.123. The van der Waals surface area contributed by atoms with Crippen molar-refractivity contribution in [2.45, 2.75) is 87.5 Å². The fourth-order valence-corrected chi connectivity index (χ4v) is 6.02. The minimum Gasteiger partial charge on any atom is -0.0625 e. The summed E-state index contributed by atoms with van der Waals surface area (Å²) in [6, 6.07) is 0. The Morgan fingerprint density at radius 3 is 1.95 bits per heavy atom. The molecule has 2 rings (SSSR count). The lowest BCUT2D eigenvalue weighted by Gasteiger charge is -2.61. The van der Waals surface area contributed by atoms with Crippen LogP contribution < -0.4 is 0 Å². The van der Waals surface area contributed by atoms with Gasteiger partial charge in [-0.25, -0.2) is 0 Å². The molecule has 0 aromatic heterocycles. The lowest BCUT2D eigenvalue weighted by atomic mass is 9.44. The second-order valence-corrected chi connectivity index (χ2v) is 10.5. The van der Waals surface area contributed by atoms with Gasteiger partial charge in [0, 0.05) is 0 Å². The molecule has 2 aliphatic rings. The number of hydrogen-bond acceptors (Lipinski definition) is 0. The van der Waals surface area contributed by atoms with E-state index in [0.717, 1.165) is 23.7 Å². The SMILES string of the molecule is C[C@H]1CC[C@@]2(C)C(CCC(C(C)(C)C)C2C(C)(C)C)C1. The summed E-state index contributed by atoms with van der Waals surface area (Å²) in [4.78, 5) is 0. The van der Waals surface area contributed by atoms with Crippen molar-refractivity contribution in [3.05, 3.63) is 0 Å². The van der Waals surface area contributed by atoms with Crippen LogP contribution in [0.1, 0.15) is 87.5 Å². The maximum absolute atomic E-state index is 2.65. The summed E-state index contributed by atoms with van der Waals surface area (Å²) >= 11 is 0. The predicted molar refractivity (Wildman–Crippen MR) is 89.7 cm³/mol. The Bertz CT molecular complexity index is 340. The fourth-order valence-electron chi connectivity index (χ4n) is 6.02. The Labute approximate surface area is 128 Å². The van der Waals surface area contributed by atoms with Crippen molar-refractivity contribution in [2.75, 3.05) is 0 Å². The molecule has 0 aromatic carbocycles. The van der Waals surface area contributed by atoms with E-state index in [4.69, 9.17) is 0 Å². The third kappa shape index (κ3) is 2.81. The van der Waals surface area contributed by atoms with Gasteiger partial charge in [-0.3, -0.25) is 0 Å². The van der Waals surface area contributed by atoms with E-state index in [1.54, 1.807) is 0 Å². The van der Waals surface area contributed by atoms with Crippen molar-refractivity contribution in [3.63, 3.8) is 0 Å². The van der Waals surface area contributed by atoms with Crippen LogP contribution in [0.2, 0.25) is 0 Å². The van der Waals surface area contributed by atoms with Crippen LogP contribution in [0.15, 0.2) is 0 Å². The highest BCUT2D eigenvalue weighted by atomic mass is 14.6. The van der Waals surface area contributed by atoms with Gasteiger partial charge in [0.2, 0.25) is 0 Å². The molecule has 0 aliphatic heterocycles. The molecule has 0 amide bonds. The first-order valence-corrected chi connectivity index (χ1v) is 8.96. The van der Waals surface area contributed by atoms with Crippen molar-refractivity contribution in [3.8, 4) is 0 Å². The molecule has 0 heteroatoms. The van der Waals surface area contributed by atoms with Crippen molar-refractivity contribution >= 4 is 0 Å². The summed E-state index contributed by atoms with van der Waals surface area (Å²) in [7, 11) is 0. The van der Waals surface area contributed by atoms with E-state index in [9.17, 15) is 0 Å². The van der Waals surface area contributed by atoms with Crippen LogP contribution in [0.5, 0.6) is 0 Å². The van der Waals surface area contributed by atoms with Gasteiger partial charge in [-0.05, 0) is 65.6 Å². The van der Waals surface area contributed by atoms with E-state index < -0.39 is 0 Å². The zero-order valence-electron chi connectivity index (χ0n) is 15.3. The van der Waals surface area contributed by atoms with Gasteiger partial charge in [-0.2, -0.15) is 0 Å². The molecule has 0 saturated heterocycles. The normalized spacial score (nSPS) is 43.2. The average molecular weight is 279 g/mol. The maximum Gasteiger partial charge on any atom is -0.0261 e. The van der Waals surface area contributed by atoms with Crippen molar-refractivity contribution in [2.24, 2.45) is 39.9 Å². The van der Waals surface area contributed by atoms with E-state index in [1.165, 1.54) is 32.1 Å². The molecular formula is C20H38. The topological polar surface area (TPSA) is 0 Å². The lowest BCUT2D eigenvalue weighted by Crippen LogP contribution is -2.54. The van der Waals surface area contributed by atoms with Gasteiger partial charge < -0.3 is 0 Å². The molecule has 0 bridgehead atoms. The Balaban J connectivity index is 2.39. The highest BCUT2D eigenvalue weighted by Gasteiger charge is 2.55. The second kappa shape index (κ2) is 5.03. The van der Waals surface area contributed by atoms with E-state index in [2.05, 4.69) is 55.4 Å². The van der Waals surface area contributed by atoms with Crippen molar-refractivity contribution < 1.29 is 0 Å². The smallest absolute Gasteiger partial charge is 0.0261 e. The molecular weight excluding hydrogens is 240 g/mol. The first kappa shape index (κ1) is 16.4. The molecule has 0 N–H and O–H groups in total. The van der Waals surface area contributed by atoms with Crippen molar-refractivity contribution in [1.29, 1.82) is 0 Å². The summed E-state index contributed by atoms with van der Waals surface area (Å²) in [6.45, 7) is 20.1. The second-order valence-electron chi connectivity index (χ2n) is 10.5. The Kier molecular flexibility index (Phi) is 4.11. The average Bonchev–Trinajstić information content (AvgIpc) is 2.25. The van der Waals surface area contributed by atoms with Crippen LogP contribution in [-0.2, 0) is 0 Å². The minimum absolute atomic E-state index is 0.436. The Morgan fingerprint density at radius 2 is 1.45 bits per heavy atom. The molecule has 0 spiro atoms. The highest BCUT2D eigenvalue weighted by Crippen LogP contribution is 2.63. The molecule has 118 valence electrons. The third-order valence-electron chi connectivity index (χ3n) is 6.78. The summed E-state index contributed by atoms with van der Waals surface area (Å²) < 4.78 is 0. The molecule has 5 atom stereocenters. The van der Waals surface area contributed by atoms with Crippen molar-refractivity contribution in [1.82, 2.24) is 0 Å². The van der Waals surface area contributed by atoms with Crippen LogP contribution in [0, 0.1) is 39.9 Å². The number of hydrogen-bond donors (Lipinski definition) is 0. The quantitative estimate of drug-likeness (QED) is 0.471. The van der Waals surface area contributed by atoms with E-state index in [-0.39, 0.29) is 0 Å². The summed E-state index contributed by atoms with van der Waals surface area (Å²) in [5.41, 5.74) is 1.47. The van der Waals surface area contributed by atoms with E-state index >= 15 is 0 Å². The Morgan fingerprint density at radius 1 is 0.850 bits per heavy atom. The first-order chi connectivity index (χ1) is 8.96.